The van der Waals surface area contributed by atoms with Gasteiger partial charge in [-0.2, -0.15) is 0 Å². The highest BCUT2D eigenvalue weighted by atomic mass is 32.2. The first-order valence-electron chi connectivity index (χ1n) is 5.80. The number of hydrogen-bond donors (Lipinski definition) is 1. The van der Waals surface area contributed by atoms with Gasteiger partial charge in [0.1, 0.15) is 0 Å². The van der Waals surface area contributed by atoms with E-state index in [0.29, 0.717) is 16.6 Å². The molecule has 0 aliphatic carbocycles. The molecule has 0 unspecified atom stereocenters. The molecule has 2 heterocycles. The lowest BCUT2D eigenvalue weighted by atomic mass is 10.1. The number of nitrogens with zero attached hydrogens (tertiary/aromatic N) is 2. The van der Waals surface area contributed by atoms with Gasteiger partial charge in [-0.3, -0.25) is 4.79 Å². The molecule has 0 aliphatic heterocycles. The standard InChI is InChI=1S/C13H13N3O3S/c1-4-5-20-13-15-10-9(11(17)16-13)8(12(18)19-3)6-7(2)14-10/h4,6H,1,5H2,2-3H3,(H,14,15,16,17). The second-order valence-electron chi connectivity index (χ2n) is 3.97. The summed E-state index contributed by atoms with van der Waals surface area (Å²) in [5.41, 5.74) is 0.592. The van der Waals surface area contributed by atoms with E-state index in [2.05, 4.69) is 26.3 Å². The quantitative estimate of drug-likeness (QED) is 0.399. The molecule has 0 radical (unpaired) electrons. The predicted molar refractivity (Wildman–Crippen MR) is 77.2 cm³/mol. The van der Waals surface area contributed by atoms with Gasteiger partial charge in [0.25, 0.3) is 5.56 Å². The van der Waals surface area contributed by atoms with E-state index in [-0.39, 0.29) is 16.6 Å². The average molecular weight is 291 g/mol. The van der Waals surface area contributed by atoms with Crippen LogP contribution in [0.2, 0.25) is 0 Å². The van der Waals surface area contributed by atoms with Crippen molar-refractivity contribution in [1.82, 2.24) is 15.0 Å². The molecule has 0 amide bonds. The van der Waals surface area contributed by atoms with E-state index in [9.17, 15) is 9.59 Å². The molecule has 7 heteroatoms. The van der Waals surface area contributed by atoms with Crippen LogP contribution in [0.5, 0.6) is 0 Å². The summed E-state index contributed by atoms with van der Waals surface area (Å²) in [5, 5.41) is 0.585. The minimum absolute atomic E-state index is 0.144. The largest absolute Gasteiger partial charge is 0.465 e. The fraction of sp³-hybridized carbons (Fsp3) is 0.231. The minimum Gasteiger partial charge on any atom is -0.465 e. The van der Waals surface area contributed by atoms with Gasteiger partial charge in [-0.1, -0.05) is 17.8 Å². The maximum Gasteiger partial charge on any atom is 0.338 e. The molecular formula is C13H13N3O3S. The molecule has 0 saturated carbocycles. The van der Waals surface area contributed by atoms with Crippen LogP contribution in [0.4, 0.5) is 0 Å². The number of thioether (sulfide) groups is 1. The molecule has 0 aliphatic rings. The van der Waals surface area contributed by atoms with Gasteiger partial charge >= 0.3 is 5.97 Å². The van der Waals surface area contributed by atoms with Crippen LogP contribution in [0.1, 0.15) is 16.1 Å². The molecule has 6 nitrogen and oxygen atoms in total. The third-order valence-electron chi connectivity index (χ3n) is 2.53. The number of aromatic amines is 1. The Labute approximate surface area is 119 Å². The van der Waals surface area contributed by atoms with E-state index in [1.807, 2.05) is 0 Å². The number of aryl methyl sites for hydroxylation is 1. The van der Waals surface area contributed by atoms with Crippen molar-refractivity contribution in [3.63, 3.8) is 0 Å². The zero-order valence-electron chi connectivity index (χ0n) is 11.1. The Kier molecular flexibility index (Phi) is 4.19. The van der Waals surface area contributed by atoms with Crippen molar-refractivity contribution in [3.8, 4) is 0 Å². The third-order valence-corrected chi connectivity index (χ3v) is 3.40. The summed E-state index contributed by atoms with van der Waals surface area (Å²) < 4.78 is 4.68. The molecule has 20 heavy (non-hydrogen) atoms. The normalized spacial score (nSPS) is 10.5. The Morgan fingerprint density at radius 2 is 2.30 bits per heavy atom. The molecule has 0 saturated heterocycles. The van der Waals surface area contributed by atoms with Gasteiger partial charge in [-0.25, -0.2) is 14.8 Å². The van der Waals surface area contributed by atoms with E-state index in [4.69, 9.17) is 0 Å². The van der Waals surface area contributed by atoms with Gasteiger partial charge in [0, 0.05) is 11.4 Å². The summed E-state index contributed by atoms with van der Waals surface area (Å²) in [5.74, 6) is 0.0312. The molecule has 2 aromatic rings. The molecule has 1 N–H and O–H groups in total. The van der Waals surface area contributed by atoms with Crippen molar-refractivity contribution in [3.05, 3.63) is 40.3 Å². The van der Waals surface area contributed by atoms with Crippen molar-refractivity contribution in [2.45, 2.75) is 12.1 Å². The van der Waals surface area contributed by atoms with Crippen molar-refractivity contribution >= 4 is 28.8 Å². The first-order valence-corrected chi connectivity index (χ1v) is 6.79. The summed E-state index contributed by atoms with van der Waals surface area (Å²) in [4.78, 5) is 35.0. The third kappa shape index (κ3) is 2.72. The van der Waals surface area contributed by atoms with Crippen LogP contribution in [0, 0.1) is 6.92 Å². The number of rotatable bonds is 4. The van der Waals surface area contributed by atoms with Crippen LogP contribution < -0.4 is 5.56 Å². The lowest BCUT2D eigenvalue weighted by molar-refractivity contribution is 0.0602. The number of carbonyl (C=O) groups is 1. The molecule has 104 valence electrons. The van der Waals surface area contributed by atoms with E-state index in [1.165, 1.54) is 24.9 Å². The van der Waals surface area contributed by atoms with Crippen LogP contribution in [0.3, 0.4) is 0 Å². The molecule has 2 rings (SSSR count). The Morgan fingerprint density at radius 1 is 1.55 bits per heavy atom. The molecule has 0 spiro atoms. The lowest BCUT2D eigenvalue weighted by Crippen LogP contribution is -2.16. The van der Waals surface area contributed by atoms with Gasteiger partial charge in [-0.15, -0.1) is 6.58 Å². The number of carbonyl (C=O) groups excluding carboxylic acids is 1. The zero-order chi connectivity index (χ0) is 14.7. The number of esters is 1. The number of pyridine rings is 1. The van der Waals surface area contributed by atoms with Crippen LogP contribution in [-0.4, -0.2) is 33.8 Å². The van der Waals surface area contributed by atoms with E-state index >= 15 is 0 Å². The number of H-pyrrole nitrogens is 1. The number of nitrogens with one attached hydrogen (secondary N) is 1. The second kappa shape index (κ2) is 5.87. The maximum absolute atomic E-state index is 12.1. The summed E-state index contributed by atoms with van der Waals surface area (Å²) >= 11 is 1.33. The fourth-order valence-corrected chi connectivity index (χ4v) is 2.31. The monoisotopic (exact) mass is 291 g/mol. The van der Waals surface area contributed by atoms with Crippen LogP contribution >= 0.6 is 11.8 Å². The predicted octanol–water partition coefficient (Wildman–Crippen LogP) is 1.69. The summed E-state index contributed by atoms with van der Waals surface area (Å²) in [7, 11) is 1.26. The first-order chi connectivity index (χ1) is 9.56. The maximum atomic E-state index is 12.1. The number of ether oxygens (including phenoxy) is 1. The van der Waals surface area contributed by atoms with Gasteiger partial charge < -0.3 is 9.72 Å². The Bertz CT molecular complexity index is 739. The Morgan fingerprint density at radius 3 is 2.95 bits per heavy atom. The summed E-state index contributed by atoms with van der Waals surface area (Å²) in [6.45, 7) is 5.33. The van der Waals surface area contributed by atoms with E-state index in [0.717, 1.165) is 0 Å². The lowest BCUT2D eigenvalue weighted by Gasteiger charge is -2.06. The zero-order valence-corrected chi connectivity index (χ0v) is 11.9. The van der Waals surface area contributed by atoms with Crippen LogP contribution in [0.15, 0.2) is 28.7 Å². The highest BCUT2D eigenvalue weighted by Gasteiger charge is 2.17. The van der Waals surface area contributed by atoms with Gasteiger partial charge in [-0.05, 0) is 13.0 Å². The highest BCUT2D eigenvalue weighted by Crippen LogP contribution is 2.17. The topological polar surface area (TPSA) is 84.9 Å². The van der Waals surface area contributed by atoms with E-state index < -0.39 is 11.5 Å². The molecule has 0 aromatic carbocycles. The summed E-state index contributed by atoms with van der Waals surface area (Å²) in [6, 6.07) is 1.52. The Balaban J connectivity index is 2.69. The first kappa shape index (κ1) is 14.3. The van der Waals surface area contributed by atoms with Crippen molar-refractivity contribution in [2.24, 2.45) is 0 Å². The number of hydrogen-bond acceptors (Lipinski definition) is 6. The molecule has 2 aromatic heterocycles. The number of aromatic nitrogens is 3. The molecule has 0 bridgehead atoms. The molecule has 0 atom stereocenters. The molecule has 0 fully saturated rings. The van der Waals surface area contributed by atoms with Crippen molar-refractivity contribution in [2.75, 3.05) is 12.9 Å². The average Bonchev–Trinajstić information content (AvgIpc) is 2.42. The van der Waals surface area contributed by atoms with Crippen molar-refractivity contribution in [1.29, 1.82) is 0 Å². The van der Waals surface area contributed by atoms with Gasteiger partial charge in [0.2, 0.25) is 0 Å². The minimum atomic E-state index is -0.584. The van der Waals surface area contributed by atoms with Crippen LogP contribution in [0.25, 0.3) is 11.0 Å². The fourth-order valence-electron chi connectivity index (χ4n) is 1.72. The number of methoxy groups -OCH3 is 1. The van der Waals surface area contributed by atoms with Crippen molar-refractivity contribution < 1.29 is 9.53 Å². The van der Waals surface area contributed by atoms with E-state index in [1.54, 1.807) is 13.0 Å². The highest BCUT2D eigenvalue weighted by molar-refractivity contribution is 7.99. The smallest absolute Gasteiger partial charge is 0.338 e. The number of fused-ring (bicyclic) bond motifs is 1. The molecular weight excluding hydrogens is 278 g/mol. The van der Waals surface area contributed by atoms with Gasteiger partial charge in [0.05, 0.1) is 18.1 Å². The Hall–Kier alpha value is -2.15. The second-order valence-corrected chi connectivity index (χ2v) is 4.98. The summed E-state index contributed by atoms with van der Waals surface area (Å²) in [6.07, 6.45) is 1.71. The SMILES string of the molecule is C=CCSc1nc2nc(C)cc(C(=O)OC)c2c(=O)[nH]1. The van der Waals surface area contributed by atoms with Crippen LogP contribution in [-0.2, 0) is 4.74 Å². The van der Waals surface area contributed by atoms with Gasteiger partial charge in [0.15, 0.2) is 10.8 Å².